The van der Waals surface area contributed by atoms with Crippen molar-refractivity contribution in [3.63, 3.8) is 0 Å². The summed E-state index contributed by atoms with van der Waals surface area (Å²) >= 11 is 0. The van der Waals surface area contributed by atoms with Crippen molar-refractivity contribution in [1.82, 2.24) is 0 Å². The van der Waals surface area contributed by atoms with Crippen molar-refractivity contribution in [1.29, 1.82) is 0 Å². The monoisotopic (exact) mass is 191 g/mol. The Balaban J connectivity index is 2.97. The Hall–Kier alpha value is 0.310. The largest absolute Gasteiger partial charge is 0.391 e. The van der Waals surface area contributed by atoms with Crippen LogP contribution in [0.15, 0.2) is 0 Å². The Morgan fingerprint density at radius 3 is 2.25 bits per heavy atom. The van der Waals surface area contributed by atoms with Gasteiger partial charge in [0.25, 0.3) is 0 Å². The Bertz CT molecular complexity index is 85.9. The summed E-state index contributed by atoms with van der Waals surface area (Å²) in [6.07, 6.45) is 9.12. The van der Waals surface area contributed by atoms with Crippen molar-refractivity contribution in [3.8, 4) is 0 Å². The molecule has 0 aliphatic rings. The third-order valence-corrected chi connectivity index (χ3v) is 3.90. The van der Waals surface area contributed by atoms with Crippen LogP contribution in [-0.4, -0.2) is 29.5 Å². The van der Waals surface area contributed by atoms with E-state index in [0.717, 1.165) is 5.75 Å². The van der Waals surface area contributed by atoms with Gasteiger partial charge in [-0.1, -0.05) is 26.2 Å². The zero-order chi connectivity index (χ0) is 9.23. The number of hydrogen-bond donors (Lipinski definition) is 1. The second kappa shape index (κ2) is 9.40. The van der Waals surface area contributed by atoms with Crippen LogP contribution < -0.4 is 0 Å². The summed E-state index contributed by atoms with van der Waals surface area (Å²) in [6.45, 7) is 2.62. The predicted molar refractivity (Wildman–Crippen MR) is 58.9 cm³/mol. The zero-order valence-electron chi connectivity index (χ0n) is 8.51. The van der Waals surface area contributed by atoms with Crippen LogP contribution in [0.2, 0.25) is 0 Å². The quantitative estimate of drug-likeness (QED) is 0.460. The lowest BCUT2D eigenvalue weighted by Gasteiger charge is -2.01. The molecule has 0 amide bonds. The minimum atomic E-state index is 0.370. The first-order chi connectivity index (χ1) is 5.81. The number of aliphatic hydroxyl groups excluding tert-OH is 1. The second-order valence-electron chi connectivity index (χ2n) is 3.33. The molecule has 0 spiro atoms. The summed E-state index contributed by atoms with van der Waals surface area (Å²) in [5.41, 5.74) is 0. The molecule has 1 nitrogen and oxygen atoms in total. The van der Waals surface area contributed by atoms with Gasteiger partial charge in [-0.25, -0.2) is 0 Å². The molecule has 0 rings (SSSR count). The van der Waals surface area contributed by atoms with Gasteiger partial charge in [0.1, 0.15) is 11.5 Å². The van der Waals surface area contributed by atoms with E-state index in [1.807, 2.05) is 0 Å². The number of hydrogen-bond acceptors (Lipinski definition) is 1. The highest BCUT2D eigenvalue weighted by atomic mass is 32.2. The molecule has 0 aromatic heterocycles. The maximum absolute atomic E-state index is 8.68. The molecule has 0 aliphatic heterocycles. The molecular weight excluding hydrogens is 168 g/mol. The highest BCUT2D eigenvalue weighted by molar-refractivity contribution is 7.96. The summed E-state index contributed by atoms with van der Waals surface area (Å²) in [4.78, 5) is 0. The van der Waals surface area contributed by atoms with Gasteiger partial charge in [-0.05, 0) is 23.7 Å². The van der Waals surface area contributed by atoms with Crippen LogP contribution in [0.3, 0.4) is 0 Å². The van der Waals surface area contributed by atoms with Crippen molar-refractivity contribution < 1.29 is 5.11 Å². The van der Waals surface area contributed by atoms with Gasteiger partial charge in [0.2, 0.25) is 0 Å². The number of aliphatic hydroxyl groups is 1. The molecule has 0 aromatic rings. The highest BCUT2D eigenvalue weighted by Crippen LogP contribution is 2.04. The van der Waals surface area contributed by atoms with Gasteiger partial charge in [0.05, 0.1) is 12.9 Å². The number of unbranched alkanes of at least 4 members (excludes halogenated alkanes) is 4. The van der Waals surface area contributed by atoms with Crippen molar-refractivity contribution in [2.45, 2.75) is 39.0 Å². The third kappa shape index (κ3) is 8.41. The van der Waals surface area contributed by atoms with Crippen LogP contribution >= 0.6 is 0 Å². The lowest BCUT2D eigenvalue weighted by atomic mass is 10.2. The van der Waals surface area contributed by atoms with E-state index in [1.54, 1.807) is 0 Å². The standard InChI is InChI=1S/C10H23OS/c1-3-4-5-6-7-9-12(2)10-8-11/h11H,3-10H2,1-2H3/q+1. The molecule has 12 heavy (non-hydrogen) atoms. The molecular formula is C10H23OS+. The molecule has 0 bridgehead atoms. The molecule has 0 aromatic carbocycles. The molecule has 0 heterocycles. The Morgan fingerprint density at radius 1 is 1.00 bits per heavy atom. The number of rotatable bonds is 8. The van der Waals surface area contributed by atoms with Crippen LogP contribution in [0.4, 0.5) is 0 Å². The molecule has 1 unspecified atom stereocenters. The molecule has 2 heteroatoms. The Morgan fingerprint density at radius 2 is 1.67 bits per heavy atom. The normalized spacial score (nSPS) is 13.2. The summed E-state index contributed by atoms with van der Waals surface area (Å²) in [5.74, 6) is 2.33. The van der Waals surface area contributed by atoms with E-state index < -0.39 is 0 Å². The first-order valence-electron chi connectivity index (χ1n) is 5.01. The maximum Gasteiger partial charge on any atom is 0.130 e. The molecule has 1 atom stereocenters. The summed E-state index contributed by atoms with van der Waals surface area (Å²) in [5, 5.41) is 8.68. The lowest BCUT2D eigenvalue weighted by Crippen LogP contribution is -2.12. The molecule has 0 radical (unpaired) electrons. The fraction of sp³-hybridized carbons (Fsp3) is 1.00. The molecule has 0 fully saturated rings. The SMILES string of the molecule is CCCCCCC[S+](C)CCO. The van der Waals surface area contributed by atoms with Crippen molar-refractivity contribution in [2.75, 3.05) is 24.4 Å². The summed E-state index contributed by atoms with van der Waals surface area (Å²) in [7, 11) is 0.475. The van der Waals surface area contributed by atoms with Gasteiger partial charge < -0.3 is 5.11 Å². The van der Waals surface area contributed by atoms with E-state index in [4.69, 9.17) is 5.11 Å². The van der Waals surface area contributed by atoms with Gasteiger partial charge in [-0.15, -0.1) is 0 Å². The zero-order valence-corrected chi connectivity index (χ0v) is 9.33. The van der Waals surface area contributed by atoms with Crippen LogP contribution in [0, 0.1) is 0 Å². The first-order valence-corrected chi connectivity index (χ1v) is 6.98. The molecule has 0 aliphatic carbocycles. The van der Waals surface area contributed by atoms with Crippen LogP contribution in [0.25, 0.3) is 0 Å². The molecule has 74 valence electrons. The molecule has 1 N–H and O–H groups in total. The van der Waals surface area contributed by atoms with E-state index in [-0.39, 0.29) is 0 Å². The smallest absolute Gasteiger partial charge is 0.130 e. The van der Waals surface area contributed by atoms with Gasteiger partial charge in [0, 0.05) is 0 Å². The lowest BCUT2D eigenvalue weighted by molar-refractivity contribution is 0.322. The topological polar surface area (TPSA) is 20.2 Å². The van der Waals surface area contributed by atoms with Crippen molar-refractivity contribution in [3.05, 3.63) is 0 Å². The van der Waals surface area contributed by atoms with Gasteiger partial charge in [-0.3, -0.25) is 0 Å². The average molecular weight is 191 g/mol. The maximum atomic E-state index is 8.68. The Labute approximate surface area is 79.9 Å². The summed E-state index contributed by atoms with van der Waals surface area (Å²) < 4.78 is 0. The van der Waals surface area contributed by atoms with Gasteiger partial charge in [0.15, 0.2) is 0 Å². The van der Waals surface area contributed by atoms with E-state index in [2.05, 4.69) is 13.2 Å². The van der Waals surface area contributed by atoms with E-state index >= 15 is 0 Å². The Kier molecular flexibility index (Phi) is 9.64. The van der Waals surface area contributed by atoms with Gasteiger partial charge >= 0.3 is 0 Å². The molecule has 0 saturated carbocycles. The van der Waals surface area contributed by atoms with Crippen molar-refractivity contribution >= 4 is 10.9 Å². The van der Waals surface area contributed by atoms with E-state index in [0.29, 0.717) is 17.5 Å². The van der Waals surface area contributed by atoms with Crippen LogP contribution in [-0.2, 0) is 10.9 Å². The van der Waals surface area contributed by atoms with Crippen LogP contribution in [0.5, 0.6) is 0 Å². The molecule has 0 saturated heterocycles. The average Bonchev–Trinajstić information content (AvgIpc) is 2.05. The fourth-order valence-corrected chi connectivity index (χ4v) is 2.42. The minimum absolute atomic E-state index is 0.370. The van der Waals surface area contributed by atoms with Gasteiger partial charge in [-0.2, -0.15) is 0 Å². The van der Waals surface area contributed by atoms with E-state index in [1.165, 1.54) is 37.9 Å². The first kappa shape index (κ1) is 12.3. The van der Waals surface area contributed by atoms with E-state index in [9.17, 15) is 0 Å². The third-order valence-electron chi connectivity index (χ3n) is 2.04. The fourth-order valence-electron chi connectivity index (χ4n) is 1.21. The predicted octanol–water partition coefficient (Wildman–Crippen LogP) is 2.20. The highest BCUT2D eigenvalue weighted by Gasteiger charge is 2.07. The van der Waals surface area contributed by atoms with Crippen LogP contribution in [0.1, 0.15) is 39.0 Å². The van der Waals surface area contributed by atoms with Crippen molar-refractivity contribution in [2.24, 2.45) is 0 Å². The minimum Gasteiger partial charge on any atom is -0.391 e. The second-order valence-corrected chi connectivity index (χ2v) is 5.71. The summed E-state index contributed by atoms with van der Waals surface area (Å²) in [6, 6.07) is 0.